The van der Waals surface area contributed by atoms with E-state index in [1.165, 1.54) is 0 Å². The maximum atomic E-state index is 10.9. The van der Waals surface area contributed by atoms with Gasteiger partial charge in [0.05, 0.1) is 6.54 Å². The first-order chi connectivity index (χ1) is 5.31. The van der Waals surface area contributed by atoms with E-state index < -0.39 is 0 Å². The number of hydrogen-bond donors (Lipinski definition) is 2. The van der Waals surface area contributed by atoms with Crippen molar-refractivity contribution in [1.29, 1.82) is 0 Å². The lowest BCUT2D eigenvalue weighted by Gasteiger charge is -2.03. The standard InChI is InChI=1S/C8H18N2O/c1-3-5-6-10-8(11)7-9-4-2/h9H,3-7H2,1-2H3,(H,10,11). The first-order valence-electron chi connectivity index (χ1n) is 4.28. The van der Waals surface area contributed by atoms with Crippen LogP contribution >= 0.6 is 0 Å². The van der Waals surface area contributed by atoms with Crippen molar-refractivity contribution in [3.63, 3.8) is 0 Å². The summed E-state index contributed by atoms with van der Waals surface area (Å²) in [6, 6.07) is 0. The van der Waals surface area contributed by atoms with E-state index in [4.69, 9.17) is 0 Å². The zero-order valence-corrected chi connectivity index (χ0v) is 7.44. The van der Waals surface area contributed by atoms with Crippen molar-refractivity contribution in [1.82, 2.24) is 10.6 Å². The molecule has 0 aliphatic heterocycles. The molecule has 0 aromatic carbocycles. The Balaban J connectivity index is 3.09. The van der Waals surface area contributed by atoms with Gasteiger partial charge in [0.2, 0.25) is 5.91 Å². The number of amides is 1. The fourth-order valence-electron chi connectivity index (χ4n) is 0.706. The minimum absolute atomic E-state index is 0.0975. The molecule has 2 N–H and O–H groups in total. The molecular formula is C8H18N2O. The van der Waals surface area contributed by atoms with Crippen molar-refractivity contribution in [3.05, 3.63) is 0 Å². The summed E-state index contributed by atoms with van der Waals surface area (Å²) < 4.78 is 0. The highest BCUT2D eigenvalue weighted by molar-refractivity contribution is 5.77. The molecule has 0 unspecified atom stereocenters. The van der Waals surface area contributed by atoms with Gasteiger partial charge in [-0.25, -0.2) is 0 Å². The van der Waals surface area contributed by atoms with Crippen molar-refractivity contribution in [3.8, 4) is 0 Å². The van der Waals surface area contributed by atoms with Crippen LogP contribution in [0.3, 0.4) is 0 Å². The van der Waals surface area contributed by atoms with Gasteiger partial charge < -0.3 is 10.6 Å². The molecular weight excluding hydrogens is 140 g/mol. The third-order valence-electron chi connectivity index (χ3n) is 1.39. The summed E-state index contributed by atoms with van der Waals surface area (Å²) in [7, 11) is 0. The average Bonchev–Trinajstić information content (AvgIpc) is 2.01. The van der Waals surface area contributed by atoms with Crippen LogP contribution < -0.4 is 10.6 Å². The molecule has 3 nitrogen and oxygen atoms in total. The molecule has 0 rings (SSSR count). The second-order valence-corrected chi connectivity index (χ2v) is 2.48. The fourth-order valence-corrected chi connectivity index (χ4v) is 0.706. The average molecular weight is 158 g/mol. The molecule has 0 saturated carbocycles. The van der Waals surface area contributed by atoms with Gasteiger partial charge >= 0.3 is 0 Å². The van der Waals surface area contributed by atoms with Crippen molar-refractivity contribution in [2.45, 2.75) is 26.7 Å². The molecule has 0 aliphatic rings. The molecule has 66 valence electrons. The highest BCUT2D eigenvalue weighted by Crippen LogP contribution is 1.81. The molecule has 0 aromatic heterocycles. The number of unbranched alkanes of at least 4 members (excludes halogenated alkanes) is 1. The van der Waals surface area contributed by atoms with E-state index in [1.54, 1.807) is 0 Å². The molecule has 0 saturated heterocycles. The van der Waals surface area contributed by atoms with Crippen LogP contribution in [0.2, 0.25) is 0 Å². The van der Waals surface area contributed by atoms with Gasteiger partial charge in [-0.1, -0.05) is 20.3 Å². The molecule has 3 heteroatoms. The number of carbonyl (C=O) groups is 1. The SMILES string of the molecule is CCCCNC(=O)CNCC. The van der Waals surface area contributed by atoms with Crippen molar-refractivity contribution < 1.29 is 4.79 Å². The molecule has 0 atom stereocenters. The van der Waals surface area contributed by atoms with Gasteiger partial charge in [-0.05, 0) is 13.0 Å². The summed E-state index contributed by atoms with van der Waals surface area (Å²) in [4.78, 5) is 10.9. The Bertz CT molecular complexity index is 104. The van der Waals surface area contributed by atoms with E-state index in [2.05, 4.69) is 17.6 Å². The Morgan fingerprint density at radius 2 is 2.09 bits per heavy atom. The maximum absolute atomic E-state index is 10.9. The lowest BCUT2D eigenvalue weighted by atomic mass is 10.3. The second-order valence-electron chi connectivity index (χ2n) is 2.48. The Labute approximate surface area is 68.6 Å². The molecule has 0 radical (unpaired) electrons. The molecule has 0 heterocycles. The quantitative estimate of drug-likeness (QED) is 0.553. The van der Waals surface area contributed by atoms with Gasteiger partial charge in [0, 0.05) is 6.54 Å². The smallest absolute Gasteiger partial charge is 0.233 e. The van der Waals surface area contributed by atoms with Gasteiger partial charge in [0.25, 0.3) is 0 Å². The summed E-state index contributed by atoms with van der Waals surface area (Å²) in [6.45, 7) is 6.19. The summed E-state index contributed by atoms with van der Waals surface area (Å²) in [5, 5.41) is 5.78. The Morgan fingerprint density at radius 3 is 2.64 bits per heavy atom. The van der Waals surface area contributed by atoms with Crippen LogP contribution in [0.4, 0.5) is 0 Å². The molecule has 11 heavy (non-hydrogen) atoms. The van der Waals surface area contributed by atoms with Crippen LogP contribution in [0.1, 0.15) is 26.7 Å². The van der Waals surface area contributed by atoms with Gasteiger partial charge in [-0.3, -0.25) is 4.79 Å². The van der Waals surface area contributed by atoms with E-state index in [-0.39, 0.29) is 5.91 Å². The molecule has 1 amide bonds. The fraction of sp³-hybridized carbons (Fsp3) is 0.875. The van der Waals surface area contributed by atoms with Gasteiger partial charge in [-0.2, -0.15) is 0 Å². The van der Waals surface area contributed by atoms with Gasteiger partial charge in [-0.15, -0.1) is 0 Å². The number of likely N-dealkylation sites (N-methyl/N-ethyl adjacent to an activating group) is 1. The highest BCUT2D eigenvalue weighted by atomic mass is 16.1. The first kappa shape index (κ1) is 10.4. The normalized spacial score (nSPS) is 9.64. The summed E-state index contributed by atoms with van der Waals surface area (Å²) in [5.41, 5.74) is 0. The minimum atomic E-state index is 0.0975. The third-order valence-corrected chi connectivity index (χ3v) is 1.39. The van der Waals surface area contributed by atoms with Crippen molar-refractivity contribution in [2.75, 3.05) is 19.6 Å². The lowest BCUT2D eigenvalue weighted by molar-refractivity contribution is -0.120. The van der Waals surface area contributed by atoms with Crippen LogP contribution in [-0.2, 0) is 4.79 Å². The van der Waals surface area contributed by atoms with Crippen LogP contribution in [0.5, 0.6) is 0 Å². The Morgan fingerprint density at radius 1 is 1.36 bits per heavy atom. The Kier molecular flexibility index (Phi) is 7.15. The monoisotopic (exact) mass is 158 g/mol. The second kappa shape index (κ2) is 7.54. The Hall–Kier alpha value is -0.570. The lowest BCUT2D eigenvalue weighted by Crippen LogP contribution is -2.34. The number of carbonyl (C=O) groups excluding carboxylic acids is 1. The molecule has 0 fully saturated rings. The van der Waals surface area contributed by atoms with E-state index >= 15 is 0 Å². The first-order valence-corrected chi connectivity index (χ1v) is 4.28. The topological polar surface area (TPSA) is 41.1 Å². The summed E-state index contributed by atoms with van der Waals surface area (Å²) in [5.74, 6) is 0.0975. The highest BCUT2D eigenvalue weighted by Gasteiger charge is 1.96. The molecule has 0 aromatic rings. The minimum Gasteiger partial charge on any atom is -0.355 e. The van der Waals surface area contributed by atoms with Gasteiger partial charge in [0.1, 0.15) is 0 Å². The van der Waals surface area contributed by atoms with Crippen LogP contribution in [-0.4, -0.2) is 25.5 Å². The largest absolute Gasteiger partial charge is 0.355 e. The van der Waals surface area contributed by atoms with Crippen LogP contribution in [0, 0.1) is 0 Å². The van der Waals surface area contributed by atoms with Crippen LogP contribution in [0.15, 0.2) is 0 Å². The van der Waals surface area contributed by atoms with E-state index in [1.807, 2.05) is 6.92 Å². The van der Waals surface area contributed by atoms with Crippen LogP contribution in [0.25, 0.3) is 0 Å². The third kappa shape index (κ3) is 7.33. The van der Waals surface area contributed by atoms with E-state index in [0.717, 1.165) is 25.9 Å². The van der Waals surface area contributed by atoms with Gasteiger partial charge in [0.15, 0.2) is 0 Å². The summed E-state index contributed by atoms with van der Waals surface area (Å²) in [6.07, 6.45) is 2.19. The van der Waals surface area contributed by atoms with Crippen molar-refractivity contribution >= 4 is 5.91 Å². The predicted octanol–water partition coefficient (Wildman–Crippen LogP) is 0.512. The maximum Gasteiger partial charge on any atom is 0.233 e. The van der Waals surface area contributed by atoms with Crippen molar-refractivity contribution in [2.24, 2.45) is 0 Å². The zero-order chi connectivity index (χ0) is 8.53. The predicted molar refractivity (Wildman–Crippen MR) is 46.5 cm³/mol. The zero-order valence-electron chi connectivity index (χ0n) is 7.44. The number of rotatable bonds is 6. The number of hydrogen-bond acceptors (Lipinski definition) is 2. The molecule has 0 spiro atoms. The number of nitrogens with one attached hydrogen (secondary N) is 2. The summed E-state index contributed by atoms with van der Waals surface area (Å²) >= 11 is 0. The molecule has 0 aliphatic carbocycles. The van der Waals surface area contributed by atoms with E-state index in [0.29, 0.717) is 6.54 Å². The van der Waals surface area contributed by atoms with E-state index in [9.17, 15) is 4.79 Å². The molecule has 0 bridgehead atoms.